The summed E-state index contributed by atoms with van der Waals surface area (Å²) in [6.45, 7) is 0. The molecule has 0 amide bonds. The van der Waals surface area contributed by atoms with Gasteiger partial charge in [-0.05, 0) is 36.4 Å². The van der Waals surface area contributed by atoms with Crippen molar-refractivity contribution in [3.63, 3.8) is 0 Å². The molecular formula is C22H15Cl2FeN3. The molecule has 0 atom stereocenters. The van der Waals surface area contributed by atoms with E-state index in [0.717, 1.165) is 44.6 Å². The number of pyridine rings is 2. The summed E-state index contributed by atoms with van der Waals surface area (Å²) in [5.41, 5.74) is 5.86. The van der Waals surface area contributed by atoms with Crippen molar-refractivity contribution in [2.45, 2.75) is 0 Å². The van der Waals surface area contributed by atoms with E-state index in [0.29, 0.717) is 0 Å². The molecule has 3 heterocycles. The number of benzene rings is 2. The van der Waals surface area contributed by atoms with Crippen molar-refractivity contribution >= 4 is 42.0 Å². The summed E-state index contributed by atoms with van der Waals surface area (Å²) in [6.07, 6.45) is 0. The Kier molecular flexibility index (Phi) is 5.94. The average molecular weight is 448 g/mol. The number of halogens is 2. The number of aromatic nitrogens is 3. The second-order valence-electron chi connectivity index (χ2n) is 6.11. The van der Waals surface area contributed by atoms with Crippen molar-refractivity contribution in [1.29, 1.82) is 0 Å². The monoisotopic (exact) mass is 447 g/mol. The first-order chi connectivity index (χ1) is 13.8. The molecule has 1 N–H and O–H groups in total. The van der Waals surface area contributed by atoms with Gasteiger partial charge in [0.15, 0.2) is 0 Å². The van der Waals surface area contributed by atoms with Gasteiger partial charge in [-0.15, -0.1) is 0 Å². The first-order valence-electron chi connectivity index (χ1n) is 8.55. The van der Waals surface area contributed by atoms with Crippen molar-refractivity contribution in [2.24, 2.45) is 0 Å². The fourth-order valence-corrected chi connectivity index (χ4v) is 3.13. The summed E-state index contributed by atoms with van der Waals surface area (Å²) >= 11 is 0.194. The van der Waals surface area contributed by atoms with Crippen LogP contribution in [0.25, 0.3) is 44.6 Å². The third-order valence-corrected chi connectivity index (χ3v) is 4.43. The van der Waals surface area contributed by atoms with Gasteiger partial charge in [0.1, 0.15) is 0 Å². The first-order valence-corrected chi connectivity index (χ1v) is 11.6. The minimum Gasteiger partial charge on any atom is -0.352 e. The number of aromatic amines is 1. The molecule has 0 bridgehead atoms. The predicted molar refractivity (Wildman–Crippen MR) is 114 cm³/mol. The Hall–Kier alpha value is -2.36. The van der Waals surface area contributed by atoms with Crippen molar-refractivity contribution in [1.82, 2.24) is 15.0 Å². The molecule has 6 heteroatoms. The molecule has 5 rings (SSSR count). The molecule has 0 aliphatic heterocycles. The number of hydrogen-bond donors (Lipinski definition) is 1. The quantitative estimate of drug-likeness (QED) is 0.301. The zero-order valence-electron chi connectivity index (χ0n) is 14.6. The predicted octanol–water partition coefficient (Wildman–Crippen LogP) is 6.82. The number of hydrogen-bond acceptors (Lipinski definition) is 2. The third kappa shape index (κ3) is 4.06. The molecule has 0 radical (unpaired) electrons. The van der Waals surface area contributed by atoms with Crippen LogP contribution in [-0.4, -0.2) is 15.0 Å². The second-order valence-corrected chi connectivity index (χ2v) is 7.94. The summed E-state index contributed by atoms with van der Waals surface area (Å²) in [6, 6.07) is 28.7. The topological polar surface area (TPSA) is 41.6 Å². The fraction of sp³-hybridized carbons (Fsp3) is 0. The molecule has 2 aromatic carbocycles. The van der Waals surface area contributed by atoms with Crippen LogP contribution < -0.4 is 0 Å². The maximum Gasteiger partial charge on any atom is 0.0872 e. The van der Waals surface area contributed by atoms with Crippen LogP contribution in [-0.2, 0) is 13.1 Å². The molecular weight excluding hydrogens is 433 g/mol. The molecule has 28 heavy (non-hydrogen) atoms. The Labute approximate surface area is 177 Å². The van der Waals surface area contributed by atoms with Gasteiger partial charge in [-0.25, -0.2) is 9.97 Å². The van der Waals surface area contributed by atoms with Crippen LogP contribution in [0.4, 0.5) is 0 Å². The summed E-state index contributed by atoms with van der Waals surface area (Å²) in [5.74, 6) is 0. The van der Waals surface area contributed by atoms with Crippen LogP contribution in [0.3, 0.4) is 0 Å². The van der Waals surface area contributed by atoms with Crippen molar-refractivity contribution in [3.8, 4) is 22.8 Å². The van der Waals surface area contributed by atoms with Crippen LogP contribution in [0.1, 0.15) is 0 Å². The minimum atomic E-state index is 0.194. The Morgan fingerprint density at radius 3 is 1.46 bits per heavy atom. The molecule has 0 aliphatic rings. The summed E-state index contributed by atoms with van der Waals surface area (Å²) in [7, 11) is 9.53. The van der Waals surface area contributed by atoms with E-state index in [1.54, 1.807) is 0 Å². The van der Waals surface area contributed by atoms with E-state index in [9.17, 15) is 0 Å². The molecule has 0 spiro atoms. The molecule has 3 aromatic heterocycles. The summed E-state index contributed by atoms with van der Waals surface area (Å²) < 4.78 is 0. The van der Waals surface area contributed by atoms with E-state index < -0.39 is 0 Å². The van der Waals surface area contributed by atoms with Gasteiger partial charge in [0.05, 0.1) is 33.8 Å². The Morgan fingerprint density at radius 2 is 1.00 bits per heavy atom. The number of nitrogens with one attached hydrogen (secondary N) is 1. The molecule has 3 nitrogen and oxygen atoms in total. The maximum absolute atomic E-state index is 4.76. The van der Waals surface area contributed by atoms with E-state index in [-0.39, 0.29) is 13.1 Å². The van der Waals surface area contributed by atoms with Crippen molar-refractivity contribution in [3.05, 3.63) is 84.9 Å². The van der Waals surface area contributed by atoms with Gasteiger partial charge in [-0.1, -0.05) is 48.5 Å². The molecule has 0 aliphatic carbocycles. The van der Waals surface area contributed by atoms with E-state index in [2.05, 4.69) is 41.4 Å². The second kappa shape index (κ2) is 8.76. The van der Waals surface area contributed by atoms with Crippen LogP contribution in [0.5, 0.6) is 0 Å². The molecule has 0 saturated carbocycles. The maximum atomic E-state index is 4.76. The van der Waals surface area contributed by atoms with E-state index in [1.165, 1.54) is 0 Å². The normalized spacial score (nSPS) is 10.8. The van der Waals surface area contributed by atoms with Gasteiger partial charge in [0, 0.05) is 10.8 Å². The van der Waals surface area contributed by atoms with Crippen LogP contribution in [0.15, 0.2) is 84.9 Å². The van der Waals surface area contributed by atoms with E-state index >= 15 is 0 Å². The molecule has 0 fully saturated rings. The number of rotatable bonds is 2. The number of H-pyrrole nitrogens is 1. The molecule has 140 valence electrons. The average Bonchev–Trinajstić information content (AvgIpc) is 3.24. The zero-order chi connectivity index (χ0) is 19.3. The standard InChI is InChI=1S/C22H15N3.2ClH.Fe/c1-3-7-17-15(5-1)9-11-19(23-17)21-13-14-22(25-21)20-12-10-16-6-2-4-8-18(16)24-20;;;/h1-14,25H;2*1H;/q;;;+2/p-2. The van der Waals surface area contributed by atoms with Crippen LogP contribution >= 0.6 is 20.2 Å². The van der Waals surface area contributed by atoms with Crippen LogP contribution in [0, 0.1) is 0 Å². The Morgan fingerprint density at radius 1 is 0.571 bits per heavy atom. The van der Waals surface area contributed by atoms with Gasteiger partial charge in [0.25, 0.3) is 0 Å². The van der Waals surface area contributed by atoms with E-state index in [1.807, 2.05) is 48.5 Å². The van der Waals surface area contributed by atoms with Gasteiger partial charge in [-0.3, -0.25) is 0 Å². The largest absolute Gasteiger partial charge is 0.352 e. The zero-order valence-corrected chi connectivity index (χ0v) is 17.2. The van der Waals surface area contributed by atoms with Crippen LogP contribution in [0.2, 0.25) is 0 Å². The summed E-state index contributed by atoms with van der Waals surface area (Å²) in [5, 5.41) is 2.29. The smallest absolute Gasteiger partial charge is 0.0872 e. The van der Waals surface area contributed by atoms with Crippen molar-refractivity contribution < 1.29 is 13.1 Å². The molecule has 0 saturated heterocycles. The first kappa shape index (κ1) is 19.0. The Balaban J connectivity index is 0.000000604. The Bertz CT molecular complexity index is 1140. The van der Waals surface area contributed by atoms with Gasteiger partial charge in [-0.2, -0.15) is 0 Å². The van der Waals surface area contributed by atoms with E-state index in [4.69, 9.17) is 30.2 Å². The molecule has 5 aromatic rings. The SMILES string of the molecule is [Cl][Fe][Cl].c1ccc2nc(-c3ccc(-c4ccc5ccccc5n4)[nH]3)ccc2c1. The summed E-state index contributed by atoms with van der Waals surface area (Å²) in [4.78, 5) is 13.0. The number of nitrogens with zero attached hydrogens (tertiary/aromatic N) is 2. The van der Waals surface area contributed by atoms with Gasteiger partial charge >= 0.3 is 33.3 Å². The third-order valence-electron chi connectivity index (χ3n) is 4.43. The molecule has 0 unspecified atom stereocenters. The van der Waals surface area contributed by atoms with Gasteiger partial charge < -0.3 is 4.98 Å². The van der Waals surface area contributed by atoms with Gasteiger partial charge in [0.2, 0.25) is 0 Å². The fourth-order valence-electron chi connectivity index (χ4n) is 3.13. The number of para-hydroxylation sites is 2. The number of fused-ring (bicyclic) bond motifs is 2. The van der Waals surface area contributed by atoms with Crippen molar-refractivity contribution in [2.75, 3.05) is 0 Å². The minimum absolute atomic E-state index is 0.194.